The van der Waals surface area contributed by atoms with E-state index in [0.29, 0.717) is 36.6 Å². The van der Waals surface area contributed by atoms with Crippen LogP contribution < -0.4 is 10.6 Å². The van der Waals surface area contributed by atoms with Crippen LogP contribution in [0.3, 0.4) is 0 Å². The third-order valence-corrected chi connectivity index (χ3v) is 3.98. The molecule has 0 aliphatic carbocycles. The van der Waals surface area contributed by atoms with Crippen LogP contribution in [0.25, 0.3) is 0 Å². The molecule has 8 heteroatoms. The highest BCUT2D eigenvalue weighted by Crippen LogP contribution is 2.16. The number of benzene rings is 1. The molecule has 3 aromatic rings. The summed E-state index contributed by atoms with van der Waals surface area (Å²) in [4.78, 5) is 24.5. The van der Waals surface area contributed by atoms with Gasteiger partial charge in [-0.3, -0.25) is 19.0 Å². The molecule has 3 rings (SSSR count). The molecule has 140 valence electrons. The Labute approximate surface area is 157 Å². The molecule has 27 heavy (non-hydrogen) atoms. The van der Waals surface area contributed by atoms with Crippen molar-refractivity contribution in [1.82, 2.24) is 19.6 Å². The number of aryl methyl sites for hydroxylation is 3. The zero-order chi connectivity index (χ0) is 19.2. The van der Waals surface area contributed by atoms with E-state index in [0.717, 1.165) is 5.56 Å². The molecule has 0 aliphatic heterocycles. The van der Waals surface area contributed by atoms with Gasteiger partial charge in [-0.05, 0) is 43.7 Å². The van der Waals surface area contributed by atoms with Gasteiger partial charge in [0.05, 0.1) is 6.20 Å². The van der Waals surface area contributed by atoms with Gasteiger partial charge >= 0.3 is 0 Å². The molecule has 0 radical (unpaired) electrons. The largest absolute Gasteiger partial charge is 0.326 e. The third kappa shape index (κ3) is 4.81. The molecule has 0 fully saturated rings. The molecule has 1 aromatic carbocycles. The summed E-state index contributed by atoms with van der Waals surface area (Å²) in [6, 6.07) is 8.72. The third-order valence-electron chi connectivity index (χ3n) is 3.98. The van der Waals surface area contributed by atoms with Crippen molar-refractivity contribution >= 4 is 23.2 Å². The van der Waals surface area contributed by atoms with Gasteiger partial charge in [0.2, 0.25) is 5.91 Å². The summed E-state index contributed by atoms with van der Waals surface area (Å²) in [5.41, 5.74) is 2.77. The monoisotopic (exact) mass is 366 g/mol. The van der Waals surface area contributed by atoms with Gasteiger partial charge < -0.3 is 10.6 Å². The first-order valence-electron chi connectivity index (χ1n) is 8.77. The fourth-order valence-corrected chi connectivity index (χ4v) is 2.68. The number of nitrogens with zero attached hydrogens (tertiary/aromatic N) is 4. The van der Waals surface area contributed by atoms with Crippen molar-refractivity contribution in [3.8, 4) is 0 Å². The highest BCUT2D eigenvalue weighted by atomic mass is 16.2. The SMILES string of the molecule is CCn1nccc1C(=O)Nc1cccc(NC(=O)CCn2cc(C)cn2)c1. The number of anilines is 2. The summed E-state index contributed by atoms with van der Waals surface area (Å²) in [6.07, 6.45) is 5.56. The van der Waals surface area contributed by atoms with Crippen LogP contribution in [0.4, 0.5) is 11.4 Å². The molecule has 2 amide bonds. The van der Waals surface area contributed by atoms with Crippen LogP contribution in [0.5, 0.6) is 0 Å². The predicted octanol–water partition coefficient (Wildman–Crippen LogP) is 2.69. The number of rotatable bonds is 7. The van der Waals surface area contributed by atoms with Crippen molar-refractivity contribution in [2.24, 2.45) is 0 Å². The Hall–Kier alpha value is -3.42. The number of amides is 2. The lowest BCUT2D eigenvalue weighted by Gasteiger charge is -2.10. The molecule has 2 N–H and O–H groups in total. The summed E-state index contributed by atoms with van der Waals surface area (Å²) < 4.78 is 3.36. The standard InChI is InChI=1S/C19H22N6O2/c1-3-25-17(7-9-20-25)19(27)23-16-6-4-5-15(11-16)22-18(26)8-10-24-13-14(2)12-21-24/h4-7,9,11-13H,3,8,10H2,1-2H3,(H,22,26)(H,23,27). The van der Waals surface area contributed by atoms with Gasteiger partial charge in [-0.25, -0.2) is 0 Å². The van der Waals surface area contributed by atoms with Crippen LogP contribution in [0.15, 0.2) is 48.9 Å². The van der Waals surface area contributed by atoms with Crippen LogP contribution in [0.2, 0.25) is 0 Å². The zero-order valence-corrected chi connectivity index (χ0v) is 15.3. The van der Waals surface area contributed by atoms with Crippen molar-refractivity contribution in [2.75, 3.05) is 10.6 Å². The van der Waals surface area contributed by atoms with Gasteiger partial charge in [0.15, 0.2) is 0 Å². The number of hydrogen-bond donors (Lipinski definition) is 2. The fraction of sp³-hybridized carbons (Fsp3) is 0.263. The first kappa shape index (κ1) is 18.4. The van der Waals surface area contributed by atoms with Gasteiger partial charge in [0, 0.05) is 43.3 Å². The second-order valence-electron chi connectivity index (χ2n) is 6.15. The molecule has 0 unspecified atom stereocenters. The fourth-order valence-electron chi connectivity index (χ4n) is 2.68. The van der Waals surface area contributed by atoms with Crippen molar-refractivity contribution in [3.05, 3.63) is 60.2 Å². The predicted molar refractivity (Wildman–Crippen MR) is 103 cm³/mol. The summed E-state index contributed by atoms with van der Waals surface area (Å²) in [5, 5.41) is 13.9. The van der Waals surface area contributed by atoms with E-state index in [-0.39, 0.29) is 11.8 Å². The van der Waals surface area contributed by atoms with Crippen molar-refractivity contribution in [3.63, 3.8) is 0 Å². The Morgan fingerprint density at radius 1 is 1.11 bits per heavy atom. The number of aromatic nitrogens is 4. The molecule has 8 nitrogen and oxygen atoms in total. The average Bonchev–Trinajstić information content (AvgIpc) is 3.29. The summed E-state index contributed by atoms with van der Waals surface area (Å²) in [6.45, 7) is 5.00. The van der Waals surface area contributed by atoms with Crippen LogP contribution in [0.1, 0.15) is 29.4 Å². The second-order valence-corrected chi connectivity index (χ2v) is 6.15. The minimum atomic E-state index is -0.244. The molecule has 2 aromatic heterocycles. The Bertz CT molecular complexity index is 943. The Morgan fingerprint density at radius 2 is 1.89 bits per heavy atom. The number of hydrogen-bond acceptors (Lipinski definition) is 4. The van der Waals surface area contributed by atoms with Crippen LogP contribution in [-0.2, 0) is 17.9 Å². The smallest absolute Gasteiger partial charge is 0.273 e. The van der Waals surface area contributed by atoms with Gasteiger partial charge in [-0.1, -0.05) is 6.07 Å². The normalized spacial score (nSPS) is 10.6. The van der Waals surface area contributed by atoms with Gasteiger partial charge in [0.1, 0.15) is 5.69 Å². The second kappa shape index (κ2) is 8.31. The van der Waals surface area contributed by atoms with Gasteiger partial charge in [0.25, 0.3) is 5.91 Å². The topological polar surface area (TPSA) is 93.8 Å². The summed E-state index contributed by atoms with van der Waals surface area (Å²) >= 11 is 0. The molecular formula is C19H22N6O2. The maximum Gasteiger partial charge on any atom is 0.273 e. The van der Waals surface area contributed by atoms with Crippen molar-refractivity contribution < 1.29 is 9.59 Å². The van der Waals surface area contributed by atoms with Gasteiger partial charge in [-0.15, -0.1) is 0 Å². The molecular weight excluding hydrogens is 344 g/mol. The average molecular weight is 366 g/mol. The van der Waals surface area contributed by atoms with E-state index in [1.807, 2.05) is 20.0 Å². The zero-order valence-electron chi connectivity index (χ0n) is 15.3. The lowest BCUT2D eigenvalue weighted by molar-refractivity contribution is -0.116. The highest BCUT2D eigenvalue weighted by molar-refractivity contribution is 6.03. The highest BCUT2D eigenvalue weighted by Gasteiger charge is 2.12. The van der Waals surface area contributed by atoms with Crippen molar-refractivity contribution in [1.29, 1.82) is 0 Å². The van der Waals surface area contributed by atoms with Crippen molar-refractivity contribution in [2.45, 2.75) is 33.4 Å². The summed E-state index contributed by atoms with van der Waals surface area (Å²) in [5.74, 6) is -0.359. The maximum absolute atomic E-state index is 12.4. The van der Waals surface area contributed by atoms with E-state index in [1.54, 1.807) is 52.1 Å². The first-order valence-corrected chi connectivity index (χ1v) is 8.77. The van der Waals surface area contributed by atoms with E-state index >= 15 is 0 Å². The molecule has 0 bridgehead atoms. The van der Waals surface area contributed by atoms with E-state index in [1.165, 1.54) is 0 Å². The Kier molecular flexibility index (Phi) is 5.65. The van der Waals surface area contributed by atoms with Crippen LogP contribution in [0, 0.1) is 6.92 Å². The maximum atomic E-state index is 12.4. The van der Waals surface area contributed by atoms with Crippen LogP contribution in [-0.4, -0.2) is 31.4 Å². The number of carbonyl (C=O) groups excluding carboxylic acids is 2. The first-order chi connectivity index (χ1) is 13.0. The Balaban J connectivity index is 1.58. The van der Waals surface area contributed by atoms with E-state index in [4.69, 9.17) is 0 Å². The minimum absolute atomic E-state index is 0.115. The molecule has 0 atom stereocenters. The van der Waals surface area contributed by atoms with Crippen LogP contribution >= 0.6 is 0 Å². The lowest BCUT2D eigenvalue weighted by Crippen LogP contribution is -2.18. The molecule has 0 saturated heterocycles. The van der Waals surface area contributed by atoms with Gasteiger partial charge in [-0.2, -0.15) is 10.2 Å². The number of carbonyl (C=O) groups is 2. The Morgan fingerprint density at radius 3 is 2.59 bits per heavy atom. The number of nitrogens with one attached hydrogen (secondary N) is 2. The van der Waals surface area contributed by atoms with E-state index in [9.17, 15) is 9.59 Å². The molecule has 2 heterocycles. The molecule has 0 aliphatic rings. The molecule has 0 saturated carbocycles. The summed E-state index contributed by atoms with van der Waals surface area (Å²) in [7, 11) is 0. The lowest BCUT2D eigenvalue weighted by atomic mass is 10.2. The van der Waals surface area contributed by atoms with E-state index in [2.05, 4.69) is 20.8 Å². The minimum Gasteiger partial charge on any atom is -0.326 e. The quantitative estimate of drug-likeness (QED) is 0.672. The molecule has 0 spiro atoms. The van der Waals surface area contributed by atoms with E-state index < -0.39 is 0 Å².